The molecule has 0 atom stereocenters. The summed E-state index contributed by atoms with van der Waals surface area (Å²) in [5.41, 5.74) is 0.588. The van der Waals surface area contributed by atoms with Crippen molar-refractivity contribution in [3.8, 4) is 21.8 Å². The van der Waals surface area contributed by atoms with E-state index in [1.165, 1.54) is 28.8 Å². The molecular formula is C25H32FN7O4S2. The molecule has 3 heterocycles. The van der Waals surface area contributed by atoms with Crippen LogP contribution in [-0.4, -0.2) is 67.1 Å². The number of rotatable bonds is 9. The van der Waals surface area contributed by atoms with Crippen LogP contribution in [0.2, 0.25) is 0 Å². The fourth-order valence-corrected chi connectivity index (χ4v) is 6.31. The third-order valence-electron chi connectivity index (χ3n) is 5.92. The third kappa shape index (κ3) is 6.81. The highest BCUT2D eigenvalue weighted by Crippen LogP contribution is 2.42. The number of nitrogens with zero attached hydrogens (tertiary/aromatic N) is 4. The molecule has 1 amide bonds. The summed E-state index contributed by atoms with van der Waals surface area (Å²) in [6, 6.07) is 6.28. The summed E-state index contributed by atoms with van der Waals surface area (Å²) in [7, 11) is -2.59. The molecule has 0 unspecified atom stereocenters. The monoisotopic (exact) mass is 577 g/mol. The number of hydrogen-bond acceptors (Lipinski definition) is 9. The zero-order valence-corrected chi connectivity index (χ0v) is 23.9. The Morgan fingerprint density at radius 1 is 1.15 bits per heavy atom. The molecule has 11 nitrogen and oxygen atoms in total. The predicted molar refractivity (Wildman–Crippen MR) is 149 cm³/mol. The van der Waals surface area contributed by atoms with Crippen LogP contribution in [0, 0.1) is 5.82 Å². The Kier molecular flexibility index (Phi) is 8.67. The molecule has 0 radical (unpaired) electrons. The Hall–Kier alpha value is -3.36. The Bertz CT molecular complexity index is 1430. The molecular weight excluding hydrogens is 545 g/mol. The number of hydrogen-bond donors (Lipinski definition) is 3. The fourth-order valence-electron chi connectivity index (χ4n) is 3.90. The maximum absolute atomic E-state index is 15.9. The Morgan fingerprint density at radius 3 is 2.59 bits per heavy atom. The molecule has 2 aromatic heterocycles. The van der Waals surface area contributed by atoms with E-state index in [-0.39, 0.29) is 16.7 Å². The molecule has 4 rings (SSSR count). The van der Waals surface area contributed by atoms with Crippen molar-refractivity contribution in [2.45, 2.75) is 39.0 Å². The van der Waals surface area contributed by atoms with Crippen molar-refractivity contribution in [2.75, 3.05) is 43.3 Å². The van der Waals surface area contributed by atoms with Crippen LogP contribution in [0.25, 0.3) is 21.8 Å². The van der Waals surface area contributed by atoms with Gasteiger partial charge < -0.3 is 15.4 Å². The van der Waals surface area contributed by atoms with Crippen LogP contribution >= 0.6 is 11.3 Å². The second-order valence-electron chi connectivity index (χ2n) is 9.94. The van der Waals surface area contributed by atoms with Crippen LogP contribution in [0.1, 0.15) is 38.6 Å². The van der Waals surface area contributed by atoms with Gasteiger partial charge in [-0.25, -0.2) is 24.1 Å². The van der Waals surface area contributed by atoms with Crippen molar-refractivity contribution >= 4 is 39.3 Å². The van der Waals surface area contributed by atoms with E-state index in [0.717, 1.165) is 17.8 Å². The molecule has 1 aliphatic rings. The highest BCUT2D eigenvalue weighted by atomic mass is 32.2. The van der Waals surface area contributed by atoms with Crippen LogP contribution in [0.5, 0.6) is 0 Å². The normalized spacial score (nSPS) is 14.3. The van der Waals surface area contributed by atoms with E-state index in [2.05, 4.69) is 30.1 Å². The lowest BCUT2D eigenvalue weighted by Gasteiger charge is -2.18. The number of anilines is 2. The summed E-state index contributed by atoms with van der Waals surface area (Å²) in [6.45, 7) is 7.50. The number of aromatic nitrogens is 3. The van der Waals surface area contributed by atoms with Gasteiger partial charge >= 0.3 is 16.3 Å². The largest absolute Gasteiger partial charge is 0.453 e. The number of alkyl carbamates (subject to hydrolysis) is 1. The zero-order valence-electron chi connectivity index (χ0n) is 22.2. The standard InChI is InChI=1S/C25H32FN7O4S2/c1-25(2,3)22-31-20(16-8-7-9-17(19(16)26)32-39(35,36)33-14-5-6-15-33)21(38-22)18-10-11-27-23(30-18)28-12-13-29-24(34)37-4/h7-11,32H,5-6,12-15H2,1-4H3,(H,29,34)(H,27,28,30). The number of carbonyl (C=O) groups excluding carboxylic acids is 1. The highest BCUT2D eigenvalue weighted by molar-refractivity contribution is 7.90. The van der Waals surface area contributed by atoms with E-state index in [9.17, 15) is 13.2 Å². The van der Waals surface area contributed by atoms with Gasteiger partial charge in [-0.05, 0) is 31.0 Å². The van der Waals surface area contributed by atoms with Crippen LogP contribution in [0.4, 0.5) is 20.8 Å². The second kappa shape index (κ2) is 11.8. The minimum Gasteiger partial charge on any atom is -0.453 e. The van der Waals surface area contributed by atoms with E-state index in [1.807, 2.05) is 20.8 Å². The fraction of sp³-hybridized carbons (Fsp3) is 0.440. The van der Waals surface area contributed by atoms with Gasteiger partial charge in [0.25, 0.3) is 0 Å². The SMILES string of the molecule is COC(=O)NCCNc1nccc(-c2sc(C(C)(C)C)nc2-c2cccc(NS(=O)(=O)N3CCCC3)c2F)n1. The van der Waals surface area contributed by atoms with Crippen molar-refractivity contribution in [1.29, 1.82) is 0 Å². The van der Waals surface area contributed by atoms with Crippen LogP contribution in [0.15, 0.2) is 30.5 Å². The lowest BCUT2D eigenvalue weighted by atomic mass is 9.98. The van der Waals surface area contributed by atoms with Crippen molar-refractivity contribution in [2.24, 2.45) is 0 Å². The van der Waals surface area contributed by atoms with Crippen LogP contribution in [-0.2, 0) is 20.4 Å². The van der Waals surface area contributed by atoms with Gasteiger partial charge in [-0.2, -0.15) is 12.7 Å². The zero-order chi connectivity index (χ0) is 28.2. The van der Waals surface area contributed by atoms with Gasteiger partial charge in [0.05, 0.1) is 34.1 Å². The quantitative estimate of drug-likeness (QED) is 0.321. The summed E-state index contributed by atoms with van der Waals surface area (Å²) in [6.07, 6.45) is 2.59. The molecule has 0 spiro atoms. The van der Waals surface area contributed by atoms with Gasteiger partial charge in [-0.15, -0.1) is 11.3 Å². The smallest absolute Gasteiger partial charge is 0.406 e. The third-order valence-corrected chi connectivity index (χ3v) is 8.94. The molecule has 0 bridgehead atoms. The number of halogens is 1. The van der Waals surface area contributed by atoms with Gasteiger partial charge in [-0.3, -0.25) is 4.72 Å². The van der Waals surface area contributed by atoms with Gasteiger partial charge in [0, 0.05) is 43.4 Å². The Morgan fingerprint density at radius 2 is 1.90 bits per heavy atom. The van der Waals surface area contributed by atoms with E-state index in [0.29, 0.717) is 48.4 Å². The molecule has 1 aromatic carbocycles. The summed E-state index contributed by atoms with van der Waals surface area (Å²) in [4.78, 5) is 25.5. The van der Waals surface area contributed by atoms with E-state index in [4.69, 9.17) is 4.98 Å². The summed E-state index contributed by atoms with van der Waals surface area (Å²) < 4.78 is 49.8. The first-order valence-corrected chi connectivity index (χ1v) is 14.7. The number of benzene rings is 1. The average Bonchev–Trinajstić information content (AvgIpc) is 3.59. The molecule has 0 aliphatic carbocycles. The molecule has 1 saturated heterocycles. The van der Waals surface area contributed by atoms with Crippen LogP contribution in [0.3, 0.4) is 0 Å². The van der Waals surface area contributed by atoms with E-state index < -0.39 is 22.1 Å². The molecule has 14 heteroatoms. The first-order chi connectivity index (χ1) is 18.5. The molecule has 1 fully saturated rings. The number of thiazole rings is 1. The molecule has 1 aliphatic heterocycles. The van der Waals surface area contributed by atoms with Gasteiger partial charge in [0.1, 0.15) is 0 Å². The lowest BCUT2D eigenvalue weighted by molar-refractivity contribution is 0.171. The number of methoxy groups -OCH3 is 1. The minimum atomic E-state index is -3.88. The molecule has 3 N–H and O–H groups in total. The van der Waals surface area contributed by atoms with Crippen molar-refractivity contribution < 1.29 is 22.3 Å². The summed E-state index contributed by atoms with van der Waals surface area (Å²) in [5, 5.41) is 6.37. The Balaban J connectivity index is 1.68. The maximum Gasteiger partial charge on any atom is 0.406 e. The number of nitrogens with one attached hydrogen (secondary N) is 3. The number of ether oxygens (including phenoxy) is 1. The Labute approximate surface area is 231 Å². The van der Waals surface area contributed by atoms with Gasteiger partial charge in [-0.1, -0.05) is 26.8 Å². The predicted octanol–water partition coefficient (Wildman–Crippen LogP) is 4.22. The second-order valence-corrected chi connectivity index (χ2v) is 12.6. The van der Waals surface area contributed by atoms with Crippen molar-refractivity contribution in [1.82, 2.24) is 24.6 Å². The van der Waals surface area contributed by atoms with Gasteiger partial charge in [0.2, 0.25) is 5.95 Å². The topological polar surface area (TPSA) is 138 Å². The average molecular weight is 578 g/mol. The van der Waals surface area contributed by atoms with Crippen molar-refractivity contribution in [3.05, 3.63) is 41.3 Å². The number of amides is 1. The van der Waals surface area contributed by atoms with Crippen molar-refractivity contribution in [3.63, 3.8) is 0 Å². The highest BCUT2D eigenvalue weighted by Gasteiger charge is 2.29. The number of carbonyl (C=O) groups is 1. The minimum absolute atomic E-state index is 0.140. The summed E-state index contributed by atoms with van der Waals surface area (Å²) in [5.74, 6) is -0.392. The van der Waals surface area contributed by atoms with Crippen LogP contribution < -0.4 is 15.4 Å². The molecule has 3 aromatic rings. The van der Waals surface area contributed by atoms with Gasteiger partial charge in [0.15, 0.2) is 5.82 Å². The van der Waals surface area contributed by atoms with E-state index >= 15 is 4.39 Å². The van der Waals surface area contributed by atoms with E-state index in [1.54, 1.807) is 24.4 Å². The lowest BCUT2D eigenvalue weighted by Crippen LogP contribution is -2.33. The molecule has 0 saturated carbocycles. The first kappa shape index (κ1) is 28.6. The molecule has 39 heavy (non-hydrogen) atoms. The first-order valence-electron chi connectivity index (χ1n) is 12.5. The molecule has 210 valence electrons. The summed E-state index contributed by atoms with van der Waals surface area (Å²) >= 11 is 1.39. The maximum atomic E-state index is 15.9.